The summed E-state index contributed by atoms with van der Waals surface area (Å²) in [6, 6.07) is 3.37. The van der Waals surface area contributed by atoms with E-state index in [1.54, 1.807) is 20.0 Å². The van der Waals surface area contributed by atoms with Gasteiger partial charge in [-0.2, -0.15) is 4.31 Å². The first-order chi connectivity index (χ1) is 9.78. The van der Waals surface area contributed by atoms with Gasteiger partial charge < -0.3 is 4.74 Å². The van der Waals surface area contributed by atoms with Gasteiger partial charge in [0.05, 0.1) is 17.0 Å². The van der Waals surface area contributed by atoms with Gasteiger partial charge in [-0.25, -0.2) is 8.42 Å². The lowest BCUT2D eigenvalue weighted by Gasteiger charge is -2.27. The highest BCUT2D eigenvalue weighted by molar-refractivity contribution is 9.10. The predicted molar refractivity (Wildman–Crippen MR) is 87.2 cm³/mol. The molecule has 1 heterocycles. The van der Waals surface area contributed by atoms with Gasteiger partial charge in [0, 0.05) is 24.0 Å². The van der Waals surface area contributed by atoms with E-state index in [9.17, 15) is 8.42 Å². The van der Waals surface area contributed by atoms with Crippen LogP contribution in [0.1, 0.15) is 24.5 Å². The normalized spacial score (nSPS) is 23.0. The molecule has 0 amide bonds. The van der Waals surface area contributed by atoms with Crippen molar-refractivity contribution in [1.29, 1.82) is 0 Å². The molecule has 2 rings (SSSR count). The Hall–Kier alpha value is -0.140. The van der Waals surface area contributed by atoms with Crippen LogP contribution in [0.3, 0.4) is 0 Å². The van der Waals surface area contributed by atoms with Crippen molar-refractivity contribution in [2.24, 2.45) is 0 Å². The van der Waals surface area contributed by atoms with Crippen molar-refractivity contribution in [3.8, 4) is 0 Å². The Bertz CT molecular complexity index is 635. The molecule has 0 N–H and O–H groups in total. The third-order valence-corrected chi connectivity index (χ3v) is 7.11. The lowest BCUT2D eigenvalue weighted by molar-refractivity contribution is 0.102. The van der Waals surface area contributed by atoms with Crippen molar-refractivity contribution >= 4 is 37.6 Å². The van der Waals surface area contributed by atoms with Crippen LogP contribution >= 0.6 is 27.5 Å². The Morgan fingerprint density at radius 3 is 2.67 bits per heavy atom. The van der Waals surface area contributed by atoms with E-state index in [4.69, 9.17) is 16.3 Å². The molecule has 1 fully saturated rings. The van der Waals surface area contributed by atoms with Crippen LogP contribution in [-0.4, -0.2) is 38.5 Å². The molecule has 7 heteroatoms. The molecule has 1 aromatic rings. The number of hydrogen-bond acceptors (Lipinski definition) is 3. The van der Waals surface area contributed by atoms with Crippen molar-refractivity contribution in [1.82, 2.24) is 4.31 Å². The minimum absolute atomic E-state index is 0.0928. The van der Waals surface area contributed by atoms with Gasteiger partial charge in [-0.1, -0.05) is 15.9 Å². The zero-order valence-corrected chi connectivity index (χ0v) is 15.4. The average Bonchev–Trinajstić information content (AvgIpc) is 2.86. The maximum atomic E-state index is 12.9. The predicted octanol–water partition coefficient (Wildman–Crippen LogP) is 3.29. The van der Waals surface area contributed by atoms with Crippen molar-refractivity contribution in [3.05, 3.63) is 27.7 Å². The van der Waals surface area contributed by atoms with E-state index in [0.717, 1.165) is 10.0 Å². The highest BCUT2D eigenvalue weighted by Gasteiger charge is 2.36. The van der Waals surface area contributed by atoms with E-state index >= 15 is 0 Å². The number of sulfonamides is 1. The summed E-state index contributed by atoms with van der Waals surface area (Å²) < 4.78 is 33.5. The first kappa shape index (κ1) is 17.2. The van der Waals surface area contributed by atoms with Crippen LogP contribution in [0.2, 0.25) is 0 Å². The second kappa shape index (κ2) is 6.54. The Kier molecular flexibility index (Phi) is 5.36. The highest BCUT2D eigenvalue weighted by atomic mass is 79.9. The second-order valence-corrected chi connectivity index (χ2v) is 8.38. The zero-order valence-electron chi connectivity index (χ0n) is 12.3. The van der Waals surface area contributed by atoms with Crippen LogP contribution in [-0.2, 0) is 20.6 Å². The minimum atomic E-state index is -3.58. The lowest BCUT2D eigenvalue weighted by atomic mass is 10.2. The van der Waals surface area contributed by atoms with E-state index < -0.39 is 10.0 Å². The molecule has 21 heavy (non-hydrogen) atoms. The molecule has 2 atom stereocenters. The van der Waals surface area contributed by atoms with Crippen LogP contribution in [0.5, 0.6) is 0 Å². The Morgan fingerprint density at radius 1 is 1.48 bits per heavy atom. The van der Waals surface area contributed by atoms with Crippen molar-refractivity contribution in [3.63, 3.8) is 0 Å². The van der Waals surface area contributed by atoms with Gasteiger partial charge in [0.1, 0.15) is 0 Å². The van der Waals surface area contributed by atoms with E-state index in [0.29, 0.717) is 23.5 Å². The number of ether oxygens (including phenoxy) is 1. The lowest BCUT2D eigenvalue weighted by Crippen LogP contribution is -2.41. The third-order valence-electron chi connectivity index (χ3n) is 3.97. The van der Waals surface area contributed by atoms with Gasteiger partial charge in [-0.3, -0.25) is 0 Å². The molecular weight excluding hydrogens is 378 g/mol. The second-order valence-electron chi connectivity index (χ2n) is 5.29. The van der Waals surface area contributed by atoms with Crippen molar-refractivity contribution in [2.75, 3.05) is 13.7 Å². The molecule has 2 unspecified atom stereocenters. The number of rotatable bonds is 4. The van der Waals surface area contributed by atoms with Crippen molar-refractivity contribution in [2.45, 2.75) is 43.2 Å². The van der Waals surface area contributed by atoms with Crippen molar-refractivity contribution < 1.29 is 13.2 Å². The van der Waals surface area contributed by atoms with Crippen LogP contribution in [0.15, 0.2) is 21.5 Å². The summed E-state index contributed by atoms with van der Waals surface area (Å²) in [5, 5.41) is 0. The van der Waals surface area contributed by atoms with E-state index in [1.165, 1.54) is 4.31 Å². The molecule has 1 aromatic carbocycles. The maximum Gasteiger partial charge on any atom is 0.243 e. The fourth-order valence-electron chi connectivity index (χ4n) is 2.58. The summed E-state index contributed by atoms with van der Waals surface area (Å²) in [7, 11) is -1.96. The van der Waals surface area contributed by atoms with Gasteiger partial charge in [-0.15, -0.1) is 11.6 Å². The number of halogens is 2. The summed E-state index contributed by atoms with van der Waals surface area (Å²) in [5.74, 6) is 0.272. The summed E-state index contributed by atoms with van der Waals surface area (Å²) in [6.07, 6.45) is 0.622. The maximum absolute atomic E-state index is 12.9. The molecule has 0 radical (unpaired) electrons. The van der Waals surface area contributed by atoms with Crippen LogP contribution in [0.25, 0.3) is 0 Å². The van der Waals surface area contributed by atoms with Crippen LogP contribution in [0, 0.1) is 6.92 Å². The minimum Gasteiger partial charge on any atom is -0.377 e. The summed E-state index contributed by atoms with van der Waals surface area (Å²) >= 11 is 9.26. The summed E-state index contributed by atoms with van der Waals surface area (Å²) in [4.78, 5) is 0.300. The first-order valence-corrected chi connectivity index (χ1v) is 9.50. The van der Waals surface area contributed by atoms with Crippen LogP contribution < -0.4 is 0 Å². The molecule has 1 aliphatic rings. The highest BCUT2D eigenvalue weighted by Crippen LogP contribution is 2.31. The SMILES string of the molecule is Cc1c(Br)cc(CCl)cc1S(=O)(=O)N(C)C1CCOC1C. The molecule has 118 valence electrons. The number of nitrogens with zero attached hydrogens (tertiary/aromatic N) is 1. The molecule has 0 aliphatic carbocycles. The largest absolute Gasteiger partial charge is 0.377 e. The van der Waals surface area contributed by atoms with Gasteiger partial charge >= 0.3 is 0 Å². The zero-order chi connectivity index (χ0) is 15.8. The number of alkyl halides is 1. The van der Waals surface area contributed by atoms with E-state index in [1.807, 2.05) is 13.0 Å². The Morgan fingerprint density at radius 2 is 2.14 bits per heavy atom. The van der Waals surface area contributed by atoms with E-state index in [-0.39, 0.29) is 18.0 Å². The smallest absolute Gasteiger partial charge is 0.243 e. The molecule has 0 saturated carbocycles. The fraction of sp³-hybridized carbons (Fsp3) is 0.571. The monoisotopic (exact) mass is 395 g/mol. The fourth-order valence-corrected chi connectivity index (χ4v) is 5.12. The molecule has 1 aliphatic heterocycles. The quantitative estimate of drug-likeness (QED) is 0.734. The van der Waals surface area contributed by atoms with Gasteiger partial charge in [0.15, 0.2) is 0 Å². The number of hydrogen-bond donors (Lipinski definition) is 0. The van der Waals surface area contributed by atoms with E-state index in [2.05, 4.69) is 15.9 Å². The molecule has 0 spiro atoms. The third kappa shape index (κ3) is 3.29. The standard InChI is InChI=1S/C14H19BrClNO3S/c1-9-12(15)6-11(8-16)7-14(9)21(18,19)17(3)13-4-5-20-10(13)2/h6-7,10,13H,4-5,8H2,1-3H3. The molecule has 0 bridgehead atoms. The first-order valence-electron chi connectivity index (χ1n) is 6.73. The molecule has 4 nitrogen and oxygen atoms in total. The van der Waals surface area contributed by atoms with Gasteiger partial charge in [0.25, 0.3) is 0 Å². The Balaban J connectivity index is 2.46. The summed E-state index contributed by atoms with van der Waals surface area (Å²) in [5.41, 5.74) is 1.47. The molecule has 0 aromatic heterocycles. The van der Waals surface area contributed by atoms with Gasteiger partial charge in [0.2, 0.25) is 10.0 Å². The van der Waals surface area contributed by atoms with Gasteiger partial charge in [-0.05, 0) is 43.5 Å². The van der Waals surface area contributed by atoms with Crippen LogP contribution in [0.4, 0.5) is 0 Å². The molecule has 1 saturated heterocycles. The Labute approximate surface area is 139 Å². The number of benzene rings is 1. The number of likely N-dealkylation sites (N-methyl/N-ethyl adjacent to an activating group) is 1. The topological polar surface area (TPSA) is 46.6 Å². The average molecular weight is 397 g/mol. The summed E-state index contributed by atoms with van der Waals surface area (Å²) in [6.45, 7) is 4.29. The molecular formula is C14H19BrClNO3S.